The largest absolute Gasteiger partial charge is 0.416 e. The Hall–Kier alpha value is -1.07. The van der Waals surface area contributed by atoms with E-state index in [1.165, 1.54) is 25.0 Å². The van der Waals surface area contributed by atoms with Gasteiger partial charge in [0.05, 0.1) is 5.56 Å². The van der Waals surface area contributed by atoms with E-state index in [1.54, 1.807) is 6.07 Å². The molecule has 3 N–H and O–H groups in total. The van der Waals surface area contributed by atoms with Gasteiger partial charge >= 0.3 is 6.18 Å². The molecule has 2 nitrogen and oxygen atoms in total. The Labute approximate surface area is 117 Å². The van der Waals surface area contributed by atoms with E-state index in [4.69, 9.17) is 5.73 Å². The molecule has 1 atom stereocenters. The molecule has 0 saturated heterocycles. The van der Waals surface area contributed by atoms with Crippen LogP contribution < -0.4 is 11.1 Å². The van der Waals surface area contributed by atoms with E-state index in [9.17, 15) is 13.2 Å². The lowest BCUT2D eigenvalue weighted by atomic mass is 9.99. The van der Waals surface area contributed by atoms with Crippen molar-refractivity contribution >= 4 is 0 Å². The second kappa shape index (κ2) is 6.59. The van der Waals surface area contributed by atoms with Gasteiger partial charge in [0.25, 0.3) is 0 Å². The first-order valence-corrected chi connectivity index (χ1v) is 7.12. The van der Waals surface area contributed by atoms with Crippen molar-refractivity contribution in [1.82, 2.24) is 5.32 Å². The van der Waals surface area contributed by atoms with Gasteiger partial charge in [-0.1, -0.05) is 31.0 Å². The smallest absolute Gasteiger partial charge is 0.329 e. The Bertz CT molecular complexity index is 427. The summed E-state index contributed by atoms with van der Waals surface area (Å²) >= 11 is 0. The van der Waals surface area contributed by atoms with Crippen LogP contribution in [0.1, 0.15) is 42.9 Å². The third kappa shape index (κ3) is 4.21. The maximum Gasteiger partial charge on any atom is 0.416 e. The summed E-state index contributed by atoms with van der Waals surface area (Å²) < 4.78 is 38.9. The summed E-state index contributed by atoms with van der Waals surface area (Å²) in [5.74, 6) is 0.843. The van der Waals surface area contributed by atoms with E-state index in [0.29, 0.717) is 6.54 Å². The molecule has 0 aliphatic heterocycles. The molecule has 0 aromatic heterocycles. The van der Waals surface area contributed by atoms with Gasteiger partial charge in [-0.25, -0.2) is 0 Å². The quantitative estimate of drug-likeness (QED) is 0.753. The van der Waals surface area contributed by atoms with E-state index in [2.05, 4.69) is 5.32 Å². The number of rotatable bonds is 7. The van der Waals surface area contributed by atoms with Crippen LogP contribution in [0.3, 0.4) is 0 Å². The van der Waals surface area contributed by atoms with Crippen LogP contribution in [0.2, 0.25) is 0 Å². The molecule has 0 radical (unpaired) electrons. The van der Waals surface area contributed by atoms with Crippen LogP contribution in [0.5, 0.6) is 0 Å². The zero-order chi connectivity index (χ0) is 14.6. The first kappa shape index (κ1) is 15.3. The fourth-order valence-electron chi connectivity index (χ4n) is 2.45. The zero-order valence-corrected chi connectivity index (χ0v) is 11.4. The number of hydrogen-bond donors (Lipinski definition) is 2. The summed E-state index contributed by atoms with van der Waals surface area (Å²) in [5.41, 5.74) is 5.29. The third-order valence-corrected chi connectivity index (χ3v) is 3.75. The topological polar surface area (TPSA) is 38.0 Å². The lowest BCUT2D eigenvalue weighted by Crippen LogP contribution is -2.31. The van der Waals surface area contributed by atoms with Crippen molar-refractivity contribution in [2.75, 3.05) is 13.1 Å². The second-order valence-electron chi connectivity index (χ2n) is 5.41. The predicted octanol–water partition coefficient (Wildman–Crippen LogP) is 3.49. The van der Waals surface area contributed by atoms with Gasteiger partial charge in [0.2, 0.25) is 0 Å². The van der Waals surface area contributed by atoms with Crippen LogP contribution in [-0.4, -0.2) is 13.1 Å². The fraction of sp³-hybridized carbons (Fsp3) is 0.600. The van der Waals surface area contributed by atoms with E-state index in [0.717, 1.165) is 24.8 Å². The molecular weight excluding hydrogens is 265 g/mol. The van der Waals surface area contributed by atoms with E-state index in [1.807, 2.05) is 0 Å². The monoisotopic (exact) mass is 286 g/mol. The van der Waals surface area contributed by atoms with Gasteiger partial charge in [0.1, 0.15) is 0 Å². The van der Waals surface area contributed by atoms with Crippen molar-refractivity contribution in [1.29, 1.82) is 0 Å². The average molecular weight is 286 g/mol. The lowest BCUT2D eigenvalue weighted by Gasteiger charge is -2.21. The van der Waals surface area contributed by atoms with Gasteiger partial charge in [-0.05, 0) is 36.9 Å². The Morgan fingerprint density at radius 3 is 2.55 bits per heavy atom. The molecule has 112 valence electrons. The number of nitrogens with one attached hydrogen (secondary N) is 1. The van der Waals surface area contributed by atoms with Gasteiger partial charge in [-0.2, -0.15) is 13.2 Å². The van der Waals surface area contributed by atoms with Crippen LogP contribution in [0, 0.1) is 5.92 Å². The SMILES string of the molecule is NCC(NCCCC1CC1)c1ccccc1C(F)(F)F. The standard InChI is InChI=1S/C15H21F3N2/c16-15(17,18)13-6-2-1-5-12(13)14(10-19)20-9-3-4-11-7-8-11/h1-2,5-6,11,14,20H,3-4,7-10,19H2. The normalized spacial score (nSPS) is 17.2. The van der Waals surface area contributed by atoms with Crippen molar-refractivity contribution in [3.05, 3.63) is 35.4 Å². The maximum atomic E-state index is 13.0. The molecule has 2 rings (SSSR count). The minimum Gasteiger partial charge on any atom is -0.329 e. The van der Waals surface area contributed by atoms with Gasteiger partial charge in [0.15, 0.2) is 0 Å². The molecule has 1 aliphatic rings. The Morgan fingerprint density at radius 1 is 1.25 bits per heavy atom. The highest BCUT2D eigenvalue weighted by Gasteiger charge is 2.34. The van der Waals surface area contributed by atoms with Crippen LogP contribution in [0.15, 0.2) is 24.3 Å². The summed E-state index contributed by atoms with van der Waals surface area (Å²) in [7, 11) is 0. The van der Waals surface area contributed by atoms with Crippen molar-refractivity contribution in [2.45, 2.75) is 37.9 Å². The summed E-state index contributed by atoms with van der Waals surface area (Å²) in [4.78, 5) is 0. The molecule has 0 spiro atoms. The average Bonchev–Trinajstić information content (AvgIpc) is 3.22. The molecule has 20 heavy (non-hydrogen) atoms. The number of alkyl halides is 3. The number of nitrogens with two attached hydrogens (primary N) is 1. The highest BCUT2D eigenvalue weighted by atomic mass is 19.4. The van der Waals surface area contributed by atoms with Crippen molar-refractivity contribution in [2.24, 2.45) is 11.7 Å². The van der Waals surface area contributed by atoms with Gasteiger partial charge in [-0.15, -0.1) is 0 Å². The highest BCUT2D eigenvalue weighted by molar-refractivity contribution is 5.32. The van der Waals surface area contributed by atoms with E-state index < -0.39 is 17.8 Å². The summed E-state index contributed by atoms with van der Waals surface area (Å²) in [6.07, 6.45) is 0.425. The Balaban J connectivity index is 1.98. The van der Waals surface area contributed by atoms with Crippen molar-refractivity contribution < 1.29 is 13.2 Å². The second-order valence-corrected chi connectivity index (χ2v) is 5.41. The minimum atomic E-state index is -4.33. The predicted molar refractivity (Wildman–Crippen MR) is 73.2 cm³/mol. The summed E-state index contributed by atoms with van der Waals surface area (Å²) in [5, 5.41) is 3.16. The molecule has 1 unspecified atom stereocenters. The van der Waals surface area contributed by atoms with Crippen LogP contribution in [0.25, 0.3) is 0 Å². The molecule has 1 aromatic carbocycles. The number of benzene rings is 1. The third-order valence-electron chi connectivity index (χ3n) is 3.75. The molecule has 0 bridgehead atoms. The van der Waals surface area contributed by atoms with Gasteiger partial charge in [-0.3, -0.25) is 0 Å². The highest BCUT2D eigenvalue weighted by Crippen LogP contribution is 2.35. The summed E-state index contributed by atoms with van der Waals surface area (Å²) in [6.45, 7) is 0.876. The van der Waals surface area contributed by atoms with Crippen molar-refractivity contribution in [3.8, 4) is 0 Å². The summed E-state index contributed by atoms with van der Waals surface area (Å²) in [6, 6.07) is 5.22. The molecule has 0 heterocycles. The molecular formula is C15H21F3N2. The lowest BCUT2D eigenvalue weighted by molar-refractivity contribution is -0.138. The molecule has 0 amide bonds. The maximum absolute atomic E-state index is 13.0. The molecule has 1 saturated carbocycles. The van der Waals surface area contributed by atoms with Crippen LogP contribution >= 0.6 is 0 Å². The number of halogens is 3. The molecule has 1 aliphatic carbocycles. The first-order valence-electron chi connectivity index (χ1n) is 7.12. The van der Waals surface area contributed by atoms with Crippen LogP contribution in [0.4, 0.5) is 13.2 Å². The Morgan fingerprint density at radius 2 is 1.95 bits per heavy atom. The molecule has 5 heteroatoms. The minimum absolute atomic E-state index is 0.163. The van der Waals surface area contributed by atoms with E-state index >= 15 is 0 Å². The zero-order valence-electron chi connectivity index (χ0n) is 11.4. The first-order chi connectivity index (χ1) is 9.52. The fourth-order valence-corrected chi connectivity index (χ4v) is 2.45. The van der Waals surface area contributed by atoms with Gasteiger partial charge in [0, 0.05) is 12.6 Å². The van der Waals surface area contributed by atoms with Gasteiger partial charge < -0.3 is 11.1 Å². The van der Waals surface area contributed by atoms with E-state index in [-0.39, 0.29) is 12.1 Å². The van der Waals surface area contributed by atoms with Crippen molar-refractivity contribution in [3.63, 3.8) is 0 Å². The molecule has 1 aromatic rings. The van der Waals surface area contributed by atoms with Crippen LogP contribution in [-0.2, 0) is 6.18 Å². The Kier molecular flexibility index (Phi) is 5.05. The number of hydrogen-bond acceptors (Lipinski definition) is 2. The molecule has 1 fully saturated rings.